The van der Waals surface area contributed by atoms with Gasteiger partial charge in [0.2, 0.25) is 0 Å². The molecular formula is C32H41N6O4SSi+. The number of benzene rings is 2. The SMILES string of the molecule is Cc1cc(C(=O)NCCCN=[N+]=[N-])ccc1C1=C2C=CC(=[N+](C)C)C=C2[Si](C)(C)c2cc(N(C)CCCS(=O)(=O)O)ccc21. The number of azide groups is 1. The molecule has 44 heavy (non-hydrogen) atoms. The fourth-order valence-electron chi connectivity index (χ4n) is 5.83. The summed E-state index contributed by atoms with van der Waals surface area (Å²) in [4.78, 5) is 17.6. The van der Waals surface area contributed by atoms with Gasteiger partial charge in [-0.05, 0) is 93.9 Å². The molecule has 0 saturated heterocycles. The number of nitrogens with zero attached hydrogens (tertiary/aromatic N) is 5. The van der Waals surface area contributed by atoms with Gasteiger partial charge < -0.3 is 10.2 Å². The highest BCUT2D eigenvalue weighted by atomic mass is 32.2. The number of fused-ring (bicyclic) bond motifs is 2. The average molecular weight is 634 g/mol. The summed E-state index contributed by atoms with van der Waals surface area (Å²) in [6.45, 7) is 8.02. The zero-order valence-corrected chi connectivity index (χ0v) is 28.1. The van der Waals surface area contributed by atoms with Crippen molar-refractivity contribution in [3.8, 4) is 0 Å². The molecule has 2 aliphatic rings. The second-order valence-electron chi connectivity index (χ2n) is 12.0. The van der Waals surface area contributed by atoms with E-state index in [1.165, 1.54) is 21.5 Å². The van der Waals surface area contributed by atoms with Crippen LogP contribution in [-0.2, 0) is 10.1 Å². The molecule has 0 radical (unpaired) electrons. The number of hydrogen-bond acceptors (Lipinski definition) is 5. The van der Waals surface area contributed by atoms with Crippen molar-refractivity contribution < 1.29 is 22.3 Å². The maximum Gasteiger partial charge on any atom is 0.264 e. The summed E-state index contributed by atoms with van der Waals surface area (Å²) < 4.78 is 33.8. The molecule has 0 spiro atoms. The van der Waals surface area contributed by atoms with Crippen LogP contribution in [-0.4, -0.2) is 83.8 Å². The number of allylic oxidation sites excluding steroid dienone is 5. The van der Waals surface area contributed by atoms with E-state index in [0.717, 1.165) is 28.1 Å². The number of amides is 1. The molecular weight excluding hydrogens is 593 g/mol. The van der Waals surface area contributed by atoms with Gasteiger partial charge in [-0.2, -0.15) is 8.42 Å². The van der Waals surface area contributed by atoms with Gasteiger partial charge in [0.25, 0.3) is 16.0 Å². The first-order valence-electron chi connectivity index (χ1n) is 14.6. The van der Waals surface area contributed by atoms with Gasteiger partial charge in [-0.1, -0.05) is 30.3 Å². The van der Waals surface area contributed by atoms with Crippen molar-refractivity contribution in [3.63, 3.8) is 0 Å². The minimum atomic E-state index is -4.01. The van der Waals surface area contributed by atoms with E-state index >= 15 is 0 Å². The highest BCUT2D eigenvalue weighted by molar-refractivity contribution is 7.85. The van der Waals surface area contributed by atoms with Crippen molar-refractivity contribution in [2.75, 3.05) is 51.4 Å². The Labute approximate surface area is 260 Å². The van der Waals surface area contributed by atoms with E-state index in [2.05, 4.69) is 69.4 Å². The molecule has 2 N–H and O–H groups in total. The summed E-state index contributed by atoms with van der Waals surface area (Å²) >= 11 is 0. The molecule has 1 aliphatic heterocycles. The van der Waals surface area contributed by atoms with E-state index in [4.69, 9.17) is 5.53 Å². The average Bonchev–Trinajstić information content (AvgIpc) is 2.96. The maximum absolute atomic E-state index is 12.9. The minimum absolute atomic E-state index is 0.166. The molecule has 2 aromatic rings. The van der Waals surface area contributed by atoms with Crippen LogP contribution >= 0.6 is 0 Å². The summed E-state index contributed by atoms with van der Waals surface area (Å²) in [7, 11) is -0.175. The minimum Gasteiger partial charge on any atom is -0.375 e. The van der Waals surface area contributed by atoms with E-state index < -0.39 is 18.2 Å². The third-order valence-corrected chi connectivity index (χ3v) is 12.6. The monoisotopic (exact) mass is 633 g/mol. The molecule has 232 valence electrons. The second kappa shape index (κ2) is 13.4. The highest BCUT2D eigenvalue weighted by Gasteiger charge is 2.40. The zero-order valence-electron chi connectivity index (χ0n) is 26.3. The van der Waals surface area contributed by atoms with Crippen LogP contribution in [0.1, 0.15) is 39.9 Å². The van der Waals surface area contributed by atoms with Gasteiger partial charge in [0.05, 0.1) is 5.75 Å². The molecule has 0 atom stereocenters. The van der Waals surface area contributed by atoms with Gasteiger partial charge in [0.15, 0.2) is 5.71 Å². The highest BCUT2D eigenvalue weighted by Crippen LogP contribution is 2.42. The summed E-state index contributed by atoms with van der Waals surface area (Å²) in [5, 5.41) is 9.03. The van der Waals surface area contributed by atoms with Crippen LogP contribution < -0.4 is 15.4 Å². The molecule has 1 heterocycles. The third-order valence-electron chi connectivity index (χ3n) is 8.29. The molecule has 0 saturated carbocycles. The molecule has 10 nitrogen and oxygen atoms in total. The van der Waals surface area contributed by atoms with Crippen molar-refractivity contribution in [1.82, 2.24) is 5.32 Å². The first kappa shape index (κ1) is 32.9. The lowest BCUT2D eigenvalue weighted by atomic mass is 9.87. The normalized spacial score (nSPS) is 15.2. The Bertz CT molecular complexity index is 1760. The summed E-state index contributed by atoms with van der Waals surface area (Å²) in [6, 6.07) is 12.3. The number of nitrogens with one attached hydrogen (secondary N) is 1. The van der Waals surface area contributed by atoms with Crippen molar-refractivity contribution in [2.45, 2.75) is 32.9 Å². The quantitative estimate of drug-likeness (QED) is 0.0708. The first-order valence-corrected chi connectivity index (χ1v) is 19.3. The zero-order chi connectivity index (χ0) is 32.2. The van der Waals surface area contributed by atoms with Crippen LogP contribution in [0.4, 0.5) is 5.69 Å². The third kappa shape index (κ3) is 7.22. The van der Waals surface area contributed by atoms with E-state index in [1.807, 2.05) is 51.2 Å². The van der Waals surface area contributed by atoms with E-state index in [-0.39, 0.29) is 11.7 Å². The van der Waals surface area contributed by atoms with Crippen LogP contribution in [0.3, 0.4) is 0 Å². The van der Waals surface area contributed by atoms with Crippen LogP contribution in [0.2, 0.25) is 13.1 Å². The Morgan fingerprint density at radius 3 is 2.50 bits per heavy atom. The number of aryl methyl sites for hydroxylation is 1. The Kier molecular flexibility index (Phi) is 10.00. The first-order chi connectivity index (χ1) is 20.7. The Morgan fingerprint density at radius 1 is 1.11 bits per heavy atom. The van der Waals surface area contributed by atoms with E-state index in [1.54, 1.807) is 0 Å². The Balaban J connectivity index is 1.78. The largest absolute Gasteiger partial charge is 0.375 e. The van der Waals surface area contributed by atoms with Gasteiger partial charge in [-0.15, -0.1) is 0 Å². The number of rotatable bonds is 11. The van der Waals surface area contributed by atoms with Gasteiger partial charge in [0, 0.05) is 55.0 Å². The van der Waals surface area contributed by atoms with E-state index in [9.17, 15) is 17.8 Å². The van der Waals surface area contributed by atoms with Crippen molar-refractivity contribution in [2.24, 2.45) is 5.11 Å². The molecule has 0 unspecified atom stereocenters. The molecule has 0 fully saturated rings. The van der Waals surface area contributed by atoms with Crippen LogP contribution in [0, 0.1) is 6.92 Å². The molecule has 2 aromatic carbocycles. The van der Waals surface area contributed by atoms with Gasteiger partial charge in [0.1, 0.15) is 22.2 Å². The molecule has 0 aromatic heterocycles. The number of hydrogen-bond donors (Lipinski definition) is 2. The summed E-state index contributed by atoms with van der Waals surface area (Å²) in [5.41, 5.74) is 16.7. The lowest BCUT2D eigenvalue weighted by Gasteiger charge is -2.38. The predicted molar refractivity (Wildman–Crippen MR) is 180 cm³/mol. The van der Waals surface area contributed by atoms with Crippen LogP contribution in [0.15, 0.2) is 70.5 Å². The fourth-order valence-corrected chi connectivity index (χ4v) is 9.39. The van der Waals surface area contributed by atoms with Crippen LogP contribution in [0.25, 0.3) is 16.0 Å². The Hall–Kier alpha value is -3.96. The van der Waals surface area contributed by atoms with Crippen molar-refractivity contribution in [3.05, 3.63) is 98.1 Å². The molecule has 1 amide bonds. The molecule has 1 aliphatic carbocycles. The van der Waals surface area contributed by atoms with Crippen LogP contribution in [0.5, 0.6) is 0 Å². The van der Waals surface area contributed by atoms with Gasteiger partial charge in [-0.25, -0.2) is 4.58 Å². The molecule has 4 rings (SSSR count). The summed E-state index contributed by atoms with van der Waals surface area (Å²) in [5.74, 6) is -0.439. The fraction of sp³-hybridized carbons (Fsp3) is 0.375. The number of carbonyl (C=O) groups excluding carboxylic acids is 1. The van der Waals surface area contributed by atoms with Gasteiger partial charge >= 0.3 is 0 Å². The smallest absolute Gasteiger partial charge is 0.264 e. The maximum atomic E-state index is 12.9. The molecule has 0 bridgehead atoms. The van der Waals surface area contributed by atoms with Gasteiger partial charge in [-0.3, -0.25) is 9.35 Å². The predicted octanol–water partition coefficient (Wildman–Crippen LogP) is 4.62. The lowest BCUT2D eigenvalue weighted by Crippen LogP contribution is -2.50. The lowest BCUT2D eigenvalue weighted by molar-refractivity contribution is -0.462. The number of anilines is 1. The topological polar surface area (TPSA) is 138 Å². The Morgan fingerprint density at radius 2 is 1.84 bits per heavy atom. The van der Waals surface area contributed by atoms with Crippen molar-refractivity contribution in [1.29, 1.82) is 0 Å². The molecule has 12 heteroatoms. The number of carbonyl (C=O) groups is 1. The van der Waals surface area contributed by atoms with E-state index in [0.29, 0.717) is 38.0 Å². The second-order valence-corrected chi connectivity index (χ2v) is 17.9. The summed E-state index contributed by atoms with van der Waals surface area (Å²) in [6.07, 6.45) is 7.58. The standard InChI is InChI=1S/C32H40N6O4SSi/c1-22-19-23(32(39)34-15-7-16-35-36-33)9-12-26(22)31-27-13-10-24(37(2)3)20-29(27)44(5,6)30-21-25(11-14-28(30)31)38(4)17-8-18-43(40,41)42/h9-14,19-21H,7-8,15-18H2,1-6H3,(H-,34,39,40,41,42)/p+1. The van der Waals surface area contributed by atoms with Crippen molar-refractivity contribution >= 4 is 46.3 Å².